The van der Waals surface area contributed by atoms with Gasteiger partial charge in [0.1, 0.15) is 0 Å². The lowest BCUT2D eigenvalue weighted by Gasteiger charge is -2.27. The topological polar surface area (TPSA) is 49.7 Å². The summed E-state index contributed by atoms with van der Waals surface area (Å²) in [5.41, 5.74) is 0. The number of alkyl halides is 7. The fourth-order valence-electron chi connectivity index (χ4n) is 0.371. The zero-order chi connectivity index (χ0) is 11.8. The molecule has 0 atom stereocenters. The third kappa shape index (κ3) is 2.48. The fraction of sp³-hybridized carbons (Fsp3) is 1.00. The summed E-state index contributed by atoms with van der Waals surface area (Å²) in [5, 5.41) is 15.3. The van der Waals surface area contributed by atoms with Crippen LogP contribution < -0.4 is 0 Å². The Bertz CT molecular complexity index is 201. The van der Waals surface area contributed by atoms with E-state index >= 15 is 0 Å². The minimum absolute atomic E-state index is 2.34. The van der Waals surface area contributed by atoms with E-state index in [2.05, 4.69) is 4.65 Å². The van der Waals surface area contributed by atoms with Gasteiger partial charge in [0.25, 0.3) is 0 Å². The quantitative estimate of drug-likeness (QED) is 0.555. The van der Waals surface area contributed by atoms with Gasteiger partial charge in [-0.25, -0.2) is 0 Å². The van der Waals surface area contributed by atoms with Crippen molar-refractivity contribution < 1.29 is 45.4 Å². The molecule has 0 rings (SSSR count). The van der Waals surface area contributed by atoms with Gasteiger partial charge in [0, 0.05) is 0 Å². The second-order valence-corrected chi connectivity index (χ2v) is 2.03. The molecule has 0 saturated heterocycles. The zero-order valence-corrected chi connectivity index (χ0v) is 6.03. The van der Waals surface area contributed by atoms with Crippen molar-refractivity contribution in [3.05, 3.63) is 0 Å². The largest absolute Gasteiger partial charge is 0.638 e. The van der Waals surface area contributed by atoms with E-state index in [9.17, 15) is 30.7 Å². The van der Waals surface area contributed by atoms with Crippen molar-refractivity contribution in [2.45, 2.75) is 18.2 Å². The molecule has 0 bridgehead atoms. The molecule has 0 heterocycles. The number of hydrogen-bond donors (Lipinski definition) is 2. The highest BCUT2D eigenvalue weighted by Gasteiger charge is 2.75. The van der Waals surface area contributed by atoms with Gasteiger partial charge in [-0.2, -0.15) is 30.7 Å². The molecule has 0 aliphatic rings. The van der Waals surface area contributed by atoms with Crippen molar-refractivity contribution in [2.24, 2.45) is 0 Å². The lowest BCUT2D eigenvalue weighted by Crippen LogP contribution is -2.55. The Morgan fingerprint density at radius 3 is 1.43 bits per heavy atom. The zero-order valence-electron chi connectivity index (χ0n) is 6.03. The van der Waals surface area contributed by atoms with Crippen molar-refractivity contribution in [3.8, 4) is 0 Å². The smallest absolute Gasteiger partial charge is 0.402 e. The number of rotatable bonds is 3. The molecule has 0 radical (unpaired) electrons. The molecule has 0 amide bonds. The maximum absolute atomic E-state index is 11.9. The van der Waals surface area contributed by atoms with E-state index in [4.69, 9.17) is 10.0 Å². The van der Waals surface area contributed by atoms with Gasteiger partial charge >= 0.3 is 25.5 Å². The third-order valence-corrected chi connectivity index (χ3v) is 0.975. The highest BCUT2D eigenvalue weighted by Crippen LogP contribution is 2.46. The Hall–Kier alpha value is -0.545. The van der Waals surface area contributed by atoms with E-state index in [-0.39, 0.29) is 0 Å². The molecular weight excluding hydrogens is 228 g/mol. The van der Waals surface area contributed by atoms with Crippen LogP contribution in [0.4, 0.5) is 30.7 Å². The van der Waals surface area contributed by atoms with Gasteiger partial charge in [-0.05, 0) is 0 Å². The monoisotopic (exact) mass is 230 g/mol. The lowest BCUT2D eigenvalue weighted by molar-refractivity contribution is -0.408. The lowest BCUT2D eigenvalue weighted by atomic mass is 10.2. The first kappa shape index (κ1) is 13.5. The van der Waals surface area contributed by atoms with Crippen LogP contribution in [0.3, 0.4) is 0 Å². The summed E-state index contributed by atoms with van der Waals surface area (Å²) >= 11 is 0. The van der Waals surface area contributed by atoms with E-state index in [0.29, 0.717) is 0 Å². The molecule has 0 fully saturated rings. The Balaban J connectivity index is 4.88. The Kier molecular flexibility index (Phi) is 3.41. The molecule has 0 unspecified atom stereocenters. The predicted molar refractivity (Wildman–Crippen MR) is 27.2 cm³/mol. The van der Waals surface area contributed by atoms with Crippen LogP contribution in [0.15, 0.2) is 0 Å². The molecular formula is C3H2BF7O3. The van der Waals surface area contributed by atoms with Crippen LogP contribution in [-0.4, -0.2) is 35.6 Å². The number of hydrogen-bond acceptors (Lipinski definition) is 3. The summed E-state index contributed by atoms with van der Waals surface area (Å²) in [6.07, 6.45) is -12.6. The highest BCUT2D eigenvalue weighted by molar-refractivity contribution is 6.32. The molecule has 0 aromatic carbocycles. The SMILES string of the molecule is OB(O)OC(F)(F)C(F)(F)C(F)(F)F. The van der Waals surface area contributed by atoms with Crippen molar-refractivity contribution in [1.82, 2.24) is 0 Å². The molecule has 14 heavy (non-hydrogen) atoms. The van der Waals surface area contributed by atoms with Gasteiger partial charge in [0.2, 0.25) is 0 Å². The summed E-state index contributed by atoms with van der Waals surface area (Å²) in [5.74, 6) is -6.51. The number of halogens is 7. The van der Waals surface area contributed by atoms with Crippen molar-refractivity contribution in [1.29, 1.82) is 0 Å². The highest BCUT2D eigenvalue weighted by atomic mass is 19.4. The maximum atomic E-state index is 11.9. The molecule has 2 N–H and O–H groups in total. The summed E-state index contributed by atoms with van der Waals surface area (Å²) in [4.78, 5) is 0. The third-order valence-electron chi connectivity index (χ3n) is 0.975. The minimum atomic E-state index is -6.56. The van der Waals surface area contributed by atoms with E-state index in [1.165, 1.54) is 0 Å². The average Bonchev–Trinajstić information content (AvgIpc) is 1.80. The van der Waals surface area contributed by atoms with Crippen LogP contribution in [0, 0.1) is 0 Å². The minimum Gasteiger partial charge on any atom is -0.402 e. The molecule has 0 saturated carbocycles. The van der Waals surface area contributed by atoms with Gasteiger partial charge in [0.15, 0.2) is 0 Å². The Morgan fingerprint density at radius 1 is 0.857 bits per heavy atom. The standard InChI is InChI=1S/C3H2BF7O3/c5-1(6,2(7,8)9)3(10,11)14-4(12)13/h12-13H. The molecule has 84 valence electrons. The molecule has 3 nitrogen and oxygen atoms in total. The molecule has 0 spiro atoms. The first-order valence-corrected chi connectivity index (χ1v) is 2.78. The summed E-state index contributed by atoms with van der Waals surface area (Å²) in [7, 11) is -3.45. The van der Waals surface area contributed by atoms with Crippen LogP contribution in [0.5, 0.6) is 0 Å². The average molecular weight is 230 g/mol. The fourth-order valence-corrected chi connectivity index (χ4v) is 0.371. The summed E-state index contributed by atoms with van der Waals surface area (Å²) in [6, 6.07) is 0. The van der Waals surface area contributed by atoms with Crippen LogP contribution >= 0.6 is 0 Å². The molecule has 11 heteroatoms. The Morgan fingerprint density at radius 2 is 1.21 bits per heavy atom. The molecule has 0 aliphatic carbocycles. The second-order valence-electron chi connectivity index (χ2n) is 2.03. The van der Waals surface area contributed by atoms with Gasteiger partial charge in [-0.1, -0.05) is 0 Å². The van der Waals surface area contributed by atoms with E-state index < -0.39 is 25.5 Å². The van der Waals surface area contributed by atoms with Crippen LogP contribution in [0.2, 0.25) is 0 Å². The van der Waals surface area contributed by atoms with Crippen molar-refractivity contribution in [2.75, 3.05) is 0 Å². The van der Waals surface area contributed by atoms with Crippen molar-refractivity contribution in [3.63, 3.8) is 0 Å². The van der Waals surface area contributed by atoms with E-state index in [0.717, 1.165) is 0 Å². The summed E-state index contributed by atoms with van der Waals surface area (Å²) < 4.78 is 83.8. The van der Waals surface area contributed by atoms with E-state index in [1.54, 1.807) is 0 Å². The Labute approximate surface area is 72.3 Å². The summed E-state index contributed by atoms with van der Waals surface area (Å²) in [6.45, 7) is 0. The van der Waals surface area contributed by atoms with Crippen molar-refractivity contribution >= 4 is 7.32 Å². The van der Waals surface area contributed by atoms with Gasteiger partial charge in [-0.3, -0.25) is 0 Å². The first-order valence-electron chi connectivity index (χ1n) is 2.78. The molecule has 0 aliphatic heterocycles. The first-order chi connectivity index (χ1) is 5.92. The molecule has 0 aromatic heterocycles. The maximum Gasteiger partial charge on any atom is 0.638 e. The normalized spacial score (nSPS) is 14.4. The second kappa shape index (κ2) is 3.55. The van der Waals surface area contributed by atoms with Gasteiger partial charge in [0.05, 0.1) is 0 Å². The van der Waals surface area contributed by atoms with Crippen LogP contribution in [-0.2, 0) is 4.65 Å². The van der Waals surface area contributed by atoms with Crippen LogP contribution in [0.1, 0.15) is 0 Å². The van der Waals surface area contributed by atoms with Gasteiger partial charge < -0.3 is 14.7 Å². The van der Waals surface area contributed by atoms with Crippen LogP contribution in [0.25, 0.3) is 0 Å². The molecule has 0 aromatic rings. The van der Waals surface area contributed by atoms with Gasteiger partial charge in [-0.15, -0.1) is 0 Å². The van der Waals surface area contributed by atoms with E-state index in [1.807, 2.05) is 0 Å². The predicted octanol–water partition coefficient (Wildman–Crippen LogP) is 0.763.